The highest BCUT2D eigenvalue weighted by atomic mass is 16.3. The molecule has 0 amide bonds. The molecule has 2 saturated carbocycles. The lowest BCUT2D eigenvalue weighted by molar-refractivity contribution is 0.177. The van der Waals surface area contributed by atoms with Crippen LogP contribution < -0.4 is 0 Å². The Morgan fingerprint density at radius 1 is 1.12 bits per heavy atom. The van der Waals surface area contributed by atoms with Crippen molar-refractivity contribution in [3.05, 3.63) is 11.1 Å². The van der Waals surface area contributed by atoms with E-state index in [-0.39, 0.29) is 12.2 Å². The molecule has 2 heteroatoms. The lowest BCUT2D eigenvalue weighted by Crippen LogP contribution is -2.19. The smallest absolute Gasteiger partial charge is 0.0759 e. The fourth-order valence-electron chi connectivity index (χ4n) is 4.79. The van der Waals surface area contributed by atoms with Gasteiger partial charge in [0.1, 0.15) is 0 Å². The van der Waals surface area contributed by atoms with Gasteiger partial charge in [0, 0.05) is 0 Å². The van der Waals surface area contributed by atoms with E-state index in [2.05, 4.69) is 20.8 Å². The van der Waals surface area contributed by atoms with E-state index in [9.17, 15) is 10.2 Å². The molecule has 0 radical (unpaired) electrons. The molecule has 0 spiro atoms. The molecule has 17 heavy (non-hydrogen) atoms. The molecule has 2 nitrogen and oxygen atoms in total. The molecule has 3 aliphatic carbocycles. The molecule has 0 bridgehead atoms. The largest absolute Gasteiger partial charge is 0.389 e. The molecule has 0 aromatic heterocycles. The minimum Gasteiger partial charge on any atom is -0.389 e. The topological polar surface area (TPSA) is 40.5 Å². The van der Waals surface area contributed by atoms with Gasteiger partial charge in [-0.1, -0.05) is 20.8 Å². The fourth-order valence-corrected chi connectivity index (χ4v) is 4.79. The second-order valence-electron chi connectivity index (χ2n) is 7.10. The highest BCUT2D eigenvalue weighted by Crippen LogP contribution is 2.69. The van der Waals surface area contributed by atoms with Crippen molar-refractivity contribution in [1.29, 1.82) is 0 Å². The summed E-state index contributed by atoms with van der Waals surface area (Å²) in [6.07, 6.45) is 1.13. The first-order valence-corrected chi connectivity index (χ1v) is 6.92. The van der Waals surface area contributed by atoms with Crippen LogP contribution in [-0.4, -0.2) is 22.4 Å². The third-order valence-corrected chi connectivity index (χ3v) is 5.88. The van der Waals surface area contributed by atoms with Crippen LogP contribution in [0, 0.1) is 29.1 Å². The van der Waals surface area contributed by atoms with E-state index in [1.165, 1.54) is 5.57 Å². The molecule has 0 unspecified atom stereocenters. The zero-order chi connectivity index (χ0) is 12.5. The van der Waals surface area contributed by atoms with Crippen LogP contribution in [0.5, 0.6) is 0 Å². The number of fused-ring (bicyclic) bond motifs is 3. The van der Waals surface area contributed by atoms with Gasteiger partial charge in [0.15, 0.2) is 0 Å². The Balaban J connectivity index is 2.06. The first kappa shape index (κ1) is 11.7. The highest BCUT2D eigenvalue weighted by Gasteiger charge is 2.65. The Kier molecular flexibility index (Phi) is 2.32. The minimum absolute atomic E-state index is 0.306. The van der Waals surface area contributed by atoms with Crippen molar-refractivity contribution in [3.8, 4) is 0 Å². The van der Waals surface area contributed by atoms with Gasteiger partial charge < -0.3 is 10.2 Å². The van der Waals surface area contributed by atoms with Gasteiger partial charge in [-0.3, -0.25) is 0 Å². The van der Waals surface area contributed by atoms with Crippen LogP contribution >= 0.6 is 0 Å². The third-order valence-electron chi connectivity index (χ3n) is 5.88. The molecule has 2 N–H and O–H groups in total. The second kappa shape index (κ2) is 3.36. The monoisotopic (exact) mass is 236 g/mol. The lowest BCUT2D eigenvalue weighted by atomic mass is 9.84. The summed E-state index contributed by atoms with van der Waals surface area (Å²) in [5, 5.41) is 20.5. The zero-order valence-corrected chi connectivity index (χ0v) is 11.3. The Bertz CT molecular complexity index is 382. The molecule has 3 aliphatic rings. The van der Waals surface area contributed by atoms with E-state index in [0.29, 0.717) is 29.1 Å². The van der Waals surface area contributed by atoms with Crippen molar-refractivity contribution in [2.45, 2.75) is 52.7 Å². The van der Waals surface area contributed by atoms with Gasteiger partial charge in [0.05, 0.1) is 12.2 Å². The van der Waals surface area contributed by atoms with E-state index in [1.807, 2.05) is 6.92 Å². The number of rotatable bonds is 0. The molecule has 0 aliphatic heterocycles. The highest BCUT2D eigenvalue weighted by molar-refractivity contribution is 5.34. The average Bonchev–Trinajstić information content (AvgIpc) is 2.65. The molecule has 3 rings (SSSR count). The van der Waals surface area contributed by atoms with Crippen molar-refractivity contribution in [1.82, 2.24) is 0 Å². The van der Waals surface area contributed by atoms with Crippen LogP contribution in [0.15, 0.2) is 11.1 Å². The van der Waals surface area contributed by atoms with Gasteiger partial charge >= 0.3 is 0 Å². The predicted octanol–water partition coefficient (Wildman–Crippen LogP) is 2.36. The van der Waals surface area contributed by atoms with Gasteiger partial charge in [-0.2, -0.15) is 0 Å². The number of aliphatic hydroxyl groups excluding tert-OH is 2. The molecule has 0 saturated heterocycles. The maximum atomic E-state index is 10.3. The van der Waals surface area contributed by atoms with Gasteiger partial charge in [0.2, 0.25) is 0 Å². The second-order valence-corrected chi connectivity index (χ2v) is 7.10. The standard InChI is InChI=1S/C15H24O2/c1-7-5-11(17)13-8(2)10(16)6-9-14(12(7)13)15(9,3)4/h7,9-12,14,16-17H,5-6H2,1-4H3/t7-,9-,10+,11-,12-,14-/m1/s1. The molecule has 2 fully saturated rings. The fraction of sp³-hybridized carbons (Fsp3) is 0.867. The van der Waals surface area contributed by atoms with E-state index < -0.39 is 0 Å². The SMILES string of the molecule is CC1=C2[C@H]([C@H]3[C@@H](C[C@@H]1O)C3(C)C)[C@H](C)C[C@H]2O. The summed E-state index contributed by atoms with van der Waals surface area (Å²) in [5.74, 6) is 2.40. The lowest BCUT2D eigenvalue weighted by Gasteiger charge is -2.22. The molecule has 96 valence electrons. The molecule has 6 atom stereocenters. The first-order chi connectivity index (χ1) is 7.85. The summed E-state index contributed by atoms with van der Waals surface area (Å²) in [6, 6.07) is 0. The Labute approximate surface area is 104 Å². The molecule has 0 aromatic carbocycles. The molecular weight excluding hydrogens is 212 g/mol. The number of hydrogen-bond acceptors (Lipinski definition) is 2. The molecular formula is C15H24O2. The summed E-state index contributed by atoms with van der Waals surface area (Å²) >= 11 is 0. The van der Waals surface area contributed by atoms with Crippen LogP contribution in [0.2, 0.25) is 0 Å². The van der Waals surface area contributed by atoms with Crippen LogP contribution in [-0.2, 0) is 0 Å². The van der Waals surface area contributed by atoms with Crippen molar-refractivity contribution in [2.24, 2.45) is 29.1 Å². The summed E-state index contributed by atoms with van der Waals surface area (Å²) in [7, 11) is 0. The van der Waals surface area contributed by atoms with E-state index in [1.54, 1.807) is 0 Å². The predicted molar refractivity (Wildman–Crippen MR) is 67.4 cm³/mol. The Morgan fingerprint density at radius 3 is 2.41 bits per heavy atom. The van der Waals surface area contributed by atoms with Crippen molar-refractivity contribution in [2.75, 3.05) is 0 Å². The summed E-state index contributed by atoms with van der Waals surface area (Å²) < 4.78 is 0. The maximum absolute atomic E-state index is 10.3. The summed E-state index contributed by atoms with van der Waals surface area (Å²) in [5.41, 5.74) is 2.61. The van der Waals surface area contributed by atoms with Crippen LogP contribution in [0.4, 0.5) is 0 Å². The molecule has 0 aromatic rings. The minimum atomic E-state index is -0.329. The first-order valence-electron chi connectivity index (χ1n) is 6.92. The van der Waals surface area contributed by atoms with Gasteiger partial charge in [-0.25, -0.2) is 0 Å². The number of hydrogen-bond donors (Lipinski definition) is 2. The van der Waals surface area contributed by atoms with E-state index >= 15 is 0 Å². The van der Waals surface area contributed by atoms with Gasteiger partial charge in [-0.15, -0.1) is 0 Å². The van der Waals surface area contributed by atoms with Crippen molar-refractivity contribution < 1.29 is 10.2 Å². The van der Waals surface area contributed by atoms with E-state index in [4.69, 9.17) is 0 Å². The van der Waals surface area contributed by atoms with Crippen molar-refractivity contribution >= 4 is 0 Å². The Morgan fingerprint density at radius 2 is 1.76 bits per heavy atom. The van der Waals surface area contributed by atoms with Crippen LogP contribution in [0.1, 0.15) is 40.5 Å². The van der Waals surface area contributed by atoms with Crippen molar-refractivity contribution in [3.63, 3.8) is 0 Å². The quantitative estimate of drug-likeness (QED) is 0.634. The van der Waals surface area contributed by atoms with E-state index in [0.717, 1.165) is 18.4 Å². The average molecular weight is 236 g/mol. The normalized spacial score (nSPS) is 51.9. The maximum Gasteiger partial charge on any atom is 0.0759 e. The van der Waals surface area contributed by atoms with Crippen LogP contribution in [0.25, 0.3) is 0 Å². The number of aliphatic hydroxyl groups is 2. The Hall–Kier alpha value is -0.340. The van der Waals surface area contributed by atoms with Crippen LogP contribution in [0.3, 0.4) is 0 Å². The third kappa shape index (κ3) is 1.40. The summed E-state index contributed by atoms with van der Waals surface area (Å²) in [4.78, 5) is 0. The van der Waals surface area contributed by atoms with Gasteiger partial charge in [-0.05, 0) is 60.0 Å². The summed E-state index contributed by atoms with van der Waals surface area (Å²) in [6.45, 7) is 8.93. The molecule has 0 heterocycles. The van der Waals surface area contributed by atoms with Gasteiger partial charge in [0.25, 0.3) is 0 Å². The zero-order valence-electron chi connectivity index (χ0n) is 11.3.